The minimum Gasteiger partial charge on any atom is -0.316 e. The standard InChI is InChI=1S/C20H43N2O3P/c1-19(2)9-16-24-26(23,25-17-10-20(3)4)18-12-21-11-8-15-22-13-6-5-7-14-22/h19-21H,5-18H2,1-4H3. The summed E-state index contributed by atoms with van der Waals surface area (Å²) >= 11 is 0. The van der Waals surface area contributed by atoms with Gasteiger partial charge in [-0.2, -0.15) is 0 Å². The molecule has 1 aliphatic rings. The van der Waals surface area contributed by atoms with E-state index in [2.05, 4.69) is 37.9 Å². The SMILES string of the molecule is CC(C)CCOP(=O)(CCNCCCN1CCCCC1)OCCC(C)C. The van der Waals surface area contributed by atoms with Gasteiger partial charge in [0.05, 0.1) is 19.4 Å². The summed E-state index contributed by atoms with van der Waals surface area (Å²) in [5, 5.41) is 3.42. The number of hydrogen-bond acceptors (Lipinski definition) is 5. The number of piperidine rings is 1. The third-order valence-corrected chi connectivity index (χ3v) is 6.73. The lowest BCUT2D eigenvalue weighted by atomic mass is 10.1. The maximum absolute atomic E-state index is 13.0. The fourth-order valence-electron chi connectivity index (χ4n) is 2.97. The number of nitrogens with one attached hydrogen (secondary N) is 1. The lowest BCUT2D eigenvalue weighted by Crippen LogP contribution is -2.32. The molecule has 156 valence electrons. The van der Waals surface area contributed by atoms with Crippen molar-refractivity contribution >= 4 is 7.60 Å². The minimum atomic E-state index is -2.98. The summed E-state index contributed by atoms with van der Waals surface area (Å²) in [6, 6.07) is 0. The second-order valence-electron chi connectivity index (χ2n) is 8.37. The molecule has 1 fully saturated rings. The predicted octanol–water partition coefficient (Wildman–Crippen LogP) is 4.77. The van der Waals surface area contributed by atoms with Gasteiger partial charge in [0.25, 0.3) is 0 Å². The number of hydrogen-bond donors (Lipinski definition) is 1. The molecule has 1 aliphatic heterocycles. The molecule has 5 nitrogen and oxygen atoms in total. The summed E-state index contributed by atoms with van der Waals surface area (Å²) in [6.07, 6.45) is 7.52. The largest absolute Gasteiger partial charge is 0.331 e. The van der Waals surface area contributed by atoms with Crippen LogP contribution in [-0.2, 0) is 13.6 Å². The maximum atomic E-state index is 13.0. The Morgan fingerprint density at radius 3 is 2.04 bits per heavy atom. The van der Waals surface area contributed by atoms with E-state index in [1.807, 2.05) is 0 Å². The lowest BCUT2D eigenvalue weighted by molar-refractivity contribution is 0.189. The zero-order valence-electron chi connectivity index (χ0n) is 17.7. The van der Waals surface area contributed by atoms with Gasteiger partial charge in [-0.25, -0.2) is 0 Å². The first-order valence-electron chi connectivity index (χ1n) is 10.7. The van der Waals surface area contributed by atoms with Crippen molar-refractivity contribution in [2.45, 2.75) is 66.2 Å². The Hall–Kier alpha value is 0.0700. The molecule has 6 heteroatoms. The smallest absolute Gasteiger partial charge is 0.316 e. The van der Waals surface area contributed by atoms with Gasteiger partial charge in [0.2, 0.25) is 0 Å². The first-order valence-corrected chi connectivity index (χ1v) is 12.5. The van der Waals surface area contributed by atoms with E-state index in [4.69, 9.17) is 9.05 Å². The molecule has 0 spiro atoms. The van der Waals surface area contributed by atoms with E-state index in [0.29, 0.717) is 37.8 Å². The maximum Gasteiger partial charge on any atom is 0.331 e. The van der Waals surface area contributed by atoms with Gasteiger partial charge in [0.15, 0.2) is 0 Å². The van der Waals surface area contributed by atoms with E-state index in [-0.39, 0.29) is 0 Å². The third kappa shape index (κ3) is 12.5. The van der Waals surface area contributed by atoms with E-state index >= 15 is 0 Å². The van der Waals surface area contributed by atoms with Gasteiger partial charge in [0.1, 0.15) is 0 Å². The van der Waals surface area contributed by atoms with Gasteiger partial charge in [-0.1, -0.05) is 34.1 Å². The molecular weight excluding hydrogens is 347 g/mol. The van der Waals surface area contributed by atoms with E-state index < -0.39 is 7.60 Å². The van der Waals surface area contributed by atoms with Crippen LogP contribution >= 0.6 is 7.60 Å². The van der Waals surface area contributed by atoms with E-state index in [0.717, 1.165) is 25.8 Å². The van der Waals surface area contributed by atoms with Gasteiger partial charge in [-0.3, -0.25) is 4.57 Å². The fourth-order valence-corrected chi connectivity index (χ4v) is 4.50. The molecule has 0 saturated carbocycles. The Bertz CT molecular complexity index is 367. The van der Waals surface area contributed by atoms with E-state index in [1.54, 1.807) is 0 Å². The summed E-state index contributed by atoms with van der Waals surface area (Å²) in [6.45, 7) is 15.0. The molecule has 0 aromatic carbocycles. The quantitative estimate of drug-likeness (QED) is 0.322. The molecule has 0 aliphatic carbocycles. The first-order chi connectivity index (χ1) is 12.4. The van der Waals surface area contributed by atoms with Crippen LogP contribution in [0.2, 0.25) is 0 Å². The van der Waals surface area contributed by atoms with Crippen molar-refractivity contribution in [3.8, 4) is 0 Å². The van der Waals surface area contributed by atoms with Crippen LogP contribution in [0.4, 0.5) is 0 Å². The molecule has 0 aromatic rings. The normalized spacial score (nSPS) is 16.7. The highest BCUT2D eigenvalue weighted by Gasteiger charge is 2.24. The van der Waals surface area contributed by atoms with Crippen LogP contribution in [0.3, 0.4) is 0 Å². The van der Waals surface area contributed by atoms with E-state index in [9.17, 15) is 4.57 Å². The van der Waals surface area contributed by atoms with Crippen molar-refractivity contribution in [3.63, 3.8) is 0 Å². The molecule has 1 saturated heterocycles. The number of rotatable bonds is 15. The van der Waals surface area contributed by atoms with Crippen molar-refractivity contribution in [2.75, 3.05) is 52.1 Å². The third-order valence-electron chi connectivity index (χ3n) is 4.81. The van der Waals surface area contributed by atoms with Crippen LogP contribution in [0.5, 0.6) is 0 Å². The molecule has 1 N–H and O–H groups in total. The second-order valence-corrected chi connectivity index (χ2v) is 10.6. The summed E-state index contributed by atoms with van der Waals surface area (Å²) in [7, 11) is -2.98. The van der Waals surface area contributed by atoms with Gasteiger partial charge < -0.3 is 19.3 Å². The molecule has 1 rings (SSSR count). The average Bonchev–Trinajstić information content (AvgIpc) is 2.58. The highest BCUT2D eigenvalue weighted by atomic mass is 31.2. The molecule has 26 heavy (non-hydrogen) atoms. The van der Waals surface area contributed by atoms with Crippen molar-refractivity contribution in [1.29, 1.82) is 0 Å². The number of likely N-dealkylation sites (tertiary alicyclic amines) is 1. The van der Waals surface area contributed by atoms with Crippen molar-refractivity contribution in [3.05, 3.63) is 0 Å². The Balaban J connectivity index is 2.21. The van der Waals surface area contributed by atoms with Gasteiger partial charge >= 0.3 is 7.60 Å². The van der Waals surface area contributed by atoms with Gasteiger partial charge in [-0.05, 0) is 70.1 Å². The molecular formula is C20H43N2O3P. The Kier molecular flexibility index (Phi) is 13.1. The summed E-state index contributed by atoms with van der Waals surface area (Å²) < 4.78 is 24.4. The highest BCUT2D eigenvalue weighted by Crippen LogP contribution is 2.48. The molecule has 0 atom stereocenters. The molecule has 1 heterocycles. The molecule has 0 bridgehead atoms. The summed E-state index contributed by atoms with van der Waals surface area (Å²) in [4.78, 5) is 2.56. The highest BCUT2D eigenvalue weighted by molar-refractivity contribution is 7.53. The lowest BCUT2D eigenvalue weighted by Gasteiger charge is -2.26. The van der Waals surface area contributed by atoms with Crippen LogP contribution in [0.25, 0.3) is 0 Å². The van der Waals surface area contributed by atoms with E-state index in [1.165, 1.54) is 38.9 Å². The molecule has 0 unspecified atom stereocenters. The van der Waals surface area contributed by atoms with Crippen LogP contribution < -0.4 is 5.32 Å². The Labute approximate surface area is 162 Å². The Morgan fingerprint density at radius 2 is 1.50 bits per heavy atom. The van der Waals surface area contributed by atoms with Gasteiger partial charge in [-0.15, -0.1) is 0 Å². The second kappa shape index (κ2) is 14.1. The summed E-state index contributed by atoms with van der Waals surface area (Å²) in [5.74, 6) is 1.10. The topological polar surface area (TPSA) is 50.8 Å². The predicted molar refractivity (Wildman–Crippen MR) is 111 cm³/mol. The molecule has 0 radical (unpaired) electrons. The fraction of sp³-hybridized carbons (Fsp3) is 1.00. The Morgan fingerprint density at radius 1 is 0.923 bits per heavy atom. The van der Waals surface area contributed by atoms with Crippen molar-refractivity contribution in [2.24, 2.45) is 11.8 Å². The van der Waals surface area contributed by atoms with Crippen LogP contribution in [0, 0.1) is 11.8 Å². The van der Waals surface area contributed by atoms with Crippen LogP contribution in [-0.4, -0.2) is 57.0 Å². The van der Waals surface area contributed by atoms with Crippen molar-refractivity contribution < 1.29 is 13.6 Å². The molecule has 0 aromatic heterocycles. The number of nitrogens with zero attached hydrogens (tertiary/aromatic N) is 1. The summed E-state index contributed by atoms with van der Waals surface area (Å²) in [5.41, 5.74) is 0. The minimum absolute atomic E-state index is 0.465. The monoisotopic (exact) mass is 390 g/mol. The zero-order chi connectivity index (χ0) is 19.3. The van der Waals surface area contributed by atoms with Crippen molar-refractivity contribution in [1.82, 2.24) is 10.2 Å². The van der Waals surface area contributed by atoms with Crippen LogP contribution in [0.1, 0.15) is 66.2 Å². The van der Waals surface area contributed by atoms with Crippen LogP contribution in [0.15, 0.2) is 0 Å². The van der Waals surface area contributed by atoms with Gasteiger partial charge in [0, 0.05) is 6.54 Å². The zero-order valence-corrected chi connectivity index (χ0v) is 18.6. The molecule has 0 amide bonds. The average molecular weight is 391 g/mol. The first kappa shape index (κ1) is 24.1.